The lowest BCUT2D eigenvalue weighted by Crippen LogP contribution is -2.35. The molecule has 0 saturated carbocycles. The van der Waals surface area contributed by atoms with Gasteiger partial charge in [-0.1, -0.05) is 43.3 Å². The van der Waals surface area contributed by atoms with E-state index in [1.54, 1.807) is 16.9 Å². The average Bonchev–Trinajstić information content (AvgIpc) is 3.18. The minimum atomic E-state index is -0.0393. The summed E-state index contributed by atoms with van der Waals surface area (Å²) in [5.41, 5.74) is 4.22. The molecule has 2 N–H and O–H groups in total. The SMILES string of the molecule is CC(C)c1cc(-n2nncc2-c2ccc(CN3CCOCC3)cc2)c(O)cc1O. The van der Waals surface area contributed by atoms with Gasteiger partial charge in [0.05, 0.1) is 25.1 Å². The Morgan fingerprint density at radius 2 is 1.76 bits per heavy atom. The van der Waals surface area contributed by atoms with E-state index in [4.69, 9.17) is 4.74 Å². The molecule has 0 unspecified atom stereocenters. The first-order valence-electron chi connectivity index (χ1n) is 9.89. The van der Waals surface area contributed by atoms with Crippen LogP contribution in [0, 0.1) is 0 Å². The summed E-state index contributed by atoms with van der Waals surface area (Å²) in [6.45, 7) is 8.37. The lowest BCUT2D eigenvalue weighted by Gasteiger charge is -2.26. The Balaban J connectivity index is 1.62. The Labute approximate surface area is 170 Å². The minimum Gasteiger partial charge on any atom is -0.508 e. The molecule has 1 saturated heterocycles. The maximum absolute atomic E-state index is 10.4. The molecule has 2 heterocycles. The average molecular weight is 394 g/mol. The van der Waals surface area contributed by atoms with Crippen molar-refractivity contribution in [3.63, 3.8) is 0 Å². The fourth-order valence-electron chi connectivity index (χ4n) is 3.62. The van der Waals surface area contributed by atoms with Gasteiger partial charge >= 0.3 is 0 Å². The molecule has 4 rings (SSSR count). The molecule has 2 aromatic carbocycles. The molecule has 3 aromatic rings. The van der Waals surface area contributed by atoms with Gasteiger partial charge in [-0.25, -0.2) is 4.68 Å². The van der Waals surface area contributed by atoms with E-state index in [1.165, 1.54) is 11.6 Å². The van der Waals surface area contributed by atoms with Crippen LogP contribution in [0.3, 0.4) is 0 Å². The highest BCUT2D eigenvalue weighted by Crippen LogP contribution is 2.35. The van der Waals surface area contributed by atoms with Gasteiger partial charge in [0.2, 0.25) is 0 Å². The van der Waals surface area contributed by atoms with Gasteiger partial charge in [0.25, 0.3) is 0 Å². The van der Waals surface area contributed by atoms with Crippen LogP contribution in [0.1, 0.15) is 30.9 Å². The summed E-state index contributed by atoms with van der Waals surface area (Å²) in [6.07, 6.45) is 1.68. The zero-order chi connectivity index (χ0) is 20.4. The Morgan fingerprint density at radius 3 is 2.45 bits per heavy atom. The smallest absolute Gasteiger partial charge is 0.145 e. The van der Waals surface area contributed by atoms with Crippen LogP contribution in [0.5, 0.6) is 11.5 Å². The topological polar surface area (TPSA) is 83.6 Å². The number of hydrogen-bond acceptors (Lipinski definition) is 6. The second kappa shape index (κ2) is 8.23. The zero-order valence-electron chi connectivity index (χ0n) is 16.7. The number of aromatic hydroxyl groups is 2. The van der Waals surface area contributed by atoms with E-state index in [1.807, 2.05) is 26.0 Å². The lowest BCUT2D eigenvalue weighted by atomic mass is 10.0. The normalized spacial score (nSPS) is 15.1. The van der Waals surface area contributed by atoms with Crippen molar-refractivity contribution in [2.24, 2.45) is 0 Å². The van der Waals surface area contributed by atoms with E-state index in [0.717, 1.165) is 49.7 Å². The maximum atomic E-state index is 10.4. The van der Waals surface area contributed by atoms with Crippen molar-refractivity contribution in [1.29, 1.82) is 0 Å². The van der Waals surface area contributed by atoms with Crippen molar-refractivity contribution in [3.8, 4) is 28.4 Å². The molecular formula is C22H26N4O3. The van der Waals surface area contributed by atoms with Crippen molar-refractivity contribution in [3.05, 3.63) is 53.7 Å². The third-order valence-electron chi connectivity index (χ3n) is 5.28. The van der Waals surface area contributed by atoms with Crippen LogP contribution < -0.4 is 0 Å². The summed E-state index contributed by atoms with van der Waals surface area (Å²) in [5.74, 6) is 0.152. The van der Waals surface area contributed by atoms with Crippen LogP contribution in [0.4, 0.5) is 0 Å². The minimum absolute atomic E-state index is 0.0393. The summed E-state index contributed by atoms with van der Waals surface area (Å²) in [5, 5.41) is 28.7. The molecule has 0 amide bonds. The summed E-state index contributed by atoms with van der Waals surface area (Å²) in [6, 6.07) is 11.4. The Kier molecular flexibility index (Phi) is 5.51. The van der Waals surface area contributed by atoms with E-state index in [9.17, 15) is 10.2 Å². The Bertz CT molecular complexity index is 976. The largest absolute Gasteiger partial charge is 0.508 e. The third kappa shape index (κ3) is 4.11. The van der Waals surface area contributed by atoms with Crippen molar-refractivity contribution in [1.82, 2.24) is 19.9 Å². The number of ether oxygens (including phenoxy) is 1. The van der Waals surface area contributed by atoms with Crippen molar-refractivity contribution >= 4 is 0 Å². The Hall–Kier alpha value is -2.90. The van der Waals surface area contributed by atoms with Gasteiger partial charge < -0.3 is 14.9 Å². The van der Waals surface area contributed by atoms with Gasteiger partial charge in [0.1, 0.15) is 17.2 Å². The zero-order valence-corrected chi connectivity index (χ0v) is 16.7. The number of benzene rings is 2. The first kappa shape index (κ1) is 19.4. The summed E-state index contributed by atoms with van der Waals surface area (Å²) in [7, 11) is 0. The molecule has 1 aliphatic rings. The number of hydrogen-bond donors (Lipinski definition) is 2. The van der Waals surface area contributed by atoms with Gasteiger partial charge in [-0.3, -0.25) is 4.90 Å². The molecule has 0 bridgehead atoms. The molecule has 1 fully saturated rings. The van der Waals surface area contributed by atoms with Crippen LogP contribution in [0.2, 0.25) is 0 Å². The highest BCUT2D eigenvalue weighted by atomic mass is 16.5. The van der Waals surface area contributed by atoms with Crippen LogP contribution >= 0.6 is 0 Å². The summed E-state index contributed by atoms with van der Waals surface area (Å²) >= 11 is 0. The van der Waals surface area contributed by atoms with E-state index >= 15 is 0 Å². The predicted molar refractivity (Wildman–Crippen MR) is 110 cm³/mol. The van der Waals surface area contributed by atoms with Gasteiger partial charge in [0.15, 0.2) is 0 Å². The summed E-state index contributed by atoms with van der Waals surface area (Å²) < 4.78 is 7.02. The predicted octanol–water partition coefficient (Wildman–Crippen LogP) is 3.30. The maximum Gasteiger partial charge on any atom is 0.145 e. The van der Waals surface area contributed by atoms with Crippen molar-refractivity contribution in [2.75, 3.05) is 26.3 Å². The number of phenolic OH excluding ortho intramolecular Hbond substituents is 2. The highest BCUT2D eigenvalue weighted by Gasteiger charge is 2.17. The second-order valence-electron chi connectivity index (χ2n) is 7.67. The number of rotatable bonds is 5. The molecule has 0 spiro atoms. The van der Waals surface area contributed by atoms with Crippen LogP contribution in [0.15, 0.2) is 42.6 Å². The monoisotopic (exact) mass is 394 g/mol. The van der Waals surface area contributed by atoms with E-state index in [0.29, 0.717) is 5.69 Å². The second-order valence-corrected chi connectivity index (χ2v) is 7.67. The van der Waals surface area contributed by atoms with Crippen LogP contribution in [-0.4, -0.2) is 56.4 Å². The molecule has 1 aliphatic heterocycles. The first-order valence-corrected chi connectivity index (χ1v) is 9.89. The van der Waals surface area contributed by atoms with Crippen LogP contribution in [0.25, 0.3) is 16.9 Å². The Morgan fingerprint density at radius 1 is 1.03 bits per heavy atom. The van der Waals surface area contributed by atoms with Crippen LogP contribution in [-0.2, 0) is 11.3 Å². The molecule has 0 atom stereocenters. The van der Waals surface area contributed by atoms with Gasteiger partial charge in [0, 0.05) is 31.3 Å². The number of morpholine rings is 1. The standard InChI is InChI=1S/C22H26N4O3/c1-15(2)18-11-19(22(28)12-21(18)27)26-20(13-23-24-26)17-5-3-16(4-6-17)14-25-7-9-29-10-8-25/h3-6,11-13,15,27-28H,7-10,14H2,1-2H3. The fourth-order valence-corrected chi connectivity index (χ4v) is 3.62. The molecule has 29 heavy (non-hydrogen) atoms. The third-order valence-corrected chi connectivity index (χ3v) is 5.28. The molecule has 7 nitrogen and oxygen atoms in total. The molecule has 7 heteroatoms. The van der Waals surface area contributed by atoms with E-state index in [-0.39, 0.29) is 17.4 Å². The number of phenols is 2. The molecule has 0 aliphatic carbocycles. The first-order chi connectivity index (χ1) is 14.0. The number of aromatic nitrogens is 3. The molecule has 1 aromatic heterocycles. The molecule has 0 radical (unpaired) electrons. The lowest BCUT2D eigenvalue weighted by molar-refractivity contribution is 0.0342. The van der Waals surface area contributed by atoms with Crippen molar-refractivity contribution in [2.45, 2.75) is 26.3 Å². The molecule has 152 valence electrons. The molecular weight excluding hydrogens is 368 g/mol. The number of nitrogens with zero attached hydrogens (tertiary/aromatic N) is 4. The van der Waals surface area contributed by atoms with Gasteiger partial charge in [-0.15, -0.1) is 5.10 Å². The quantitative estimate of drug-likeness (QED) is 0.691. The van der Waals surface area contributed by atoms with Gasteiger partial charge in [-0.05, 0) is 23.1 Å². The summed E-state index contributed by atoms with van der Waals surface area (Å²) in [4.78, 5) is 2.38. The fraction of sp³-hybridized carbons (Fsp3) is 0.364. The highest BCUT2D eigenvalue weighted by molar-refractivity contribution is 5.64. The van der Waals surface area contributed by atoms with E-state index in [2.05, 4.69) is 27.3 Å². The van der Waals surface area contributed by atoms with Crippen molar-refractivity contribution < 1.29 is 14.9 Å². The van der Waals surface area contributed by atoms with Gasteiger partial charge in [-0.2, -0.15) is 0 Å². The van der Waals surface area contributed by atoms with E-state index < -0.39 is 0 Å².